The number of Topliss-reactive ketones (excluding diaryl/α,β-unsaturated/α-hetero) is 1. The number of carbonyl (C=O) groups excluding carboxylic acids is 5. The molecule has 1 unspecified atom stereocenters. The summed E-state index contributed by atoms with van der Waals surface area (Å²) in [4.78, 5) is 88.0. The van der Waals surface area contributed by atoms with E-state index in [1.54, 1.807) is 97.5 Å². The van der Waals surface area contributed by atoms with Crippen LogP contribution in [0.5, 0.6) is 5.75 Å². The maximum absolute atomic E-state index is 13.7. The minimum Gasteiger partial charge on any atom is -0.493 e. The molecule has 6 heterocycles. The molecule has 4 aromatic heterocycles. The fourth-order valence-electron chi connectivity index (χ4n) is 8.59. The summed E-state index contributed by atoms with van der Waals surface area (Å²) in [6.07, 6.45) is 11.6. The molecule has 0 bridgehead atoms. The molecule has 68 heavy (non-hydrogen) atoms. The van der Waals surface area contributed by atoms with Gasteiger partial charge >= 0.3 is 7.60 Å². The molecule has 356 valence electrons. The Bertz CT molecular complexity index is 3010. The van der Waals surface area contributed by atoms with E-state index < -0.39 is 13.5 Å². The Morgan fingerprint density at radius 3 is 2.51 bits per heavy atom. The molecule has 0 radical (unpaired) electrons. The lowest BCUT2D eigenvalue weighted by atomic mass is 10.0. The first-order chi connectivity index (χ1) is 32.6. The van der Waals surface area contributed by atoms with Crippen LogP contribution in [0.25, 0.3) is 10.9 Å². The third kappa shape index (κ3) is 10.6. The lowest BCUT2D eigenvalue weighted by molar-refractivity contribution is -0.116. The van der Waals surface area contributed by atoms with Gasteiger partial charge in [-0.15, -0.1) is 0 Å². The molecule has 0 aliphatic carbocycles. The van der Waals surface area contributed by atoms with Crippen molar-refractivity contribution in [3.8, 4) is 5.75 Å². The van der Waals surface area contributed by atoms with E-state index in [1.807, 2.05) is 24.1 Å². The zero-order chi connectivity index (χ0) is 48.3. The molecule has 2 aliphatic heterocycles. The summed E-state index contributed by atoms with van der Waals surface area (Å²) in [7, 11) is 2.62. The Morgan fingerprint density at radius 1 is 0.897 bits per heavy atom. The lowest BCUT2D eigenvalue weighted by Crippen LogP contribution is -2.43. The molecule has 6 aromatic rings. The number of benzene rings is 2. The Morgan fingerprint density at radius 2 is 1.71 bits per heavy atom. The average Bonchev–Trinajstić information content (AvgIpc) is 4.07. The monoisotopic (exact) mass is 947 g/mol. The number of ether oxygens (including phenoxy) is 2. The summed E-state index contributed by atoms with van der Waals surface area (Å²) in [6.45, 7) is 3.05. The molecule has 3 amide bonds. The molecule has 1 saturated heterocycles. The quantitative estimate of drug-likeness (QED) is 0.0474. The molecule has 1 fully saturated rings. The largest absolute Gasteiger partial charge is 0.493 e. The van der Waals surface area contributed by atoms with Crippen LogP contribution in [0.1, 0.15) is 90.7 Å². The van der Waals surface area contributed by atoms with Gasteiger partial charge in [-0.05, 0) is 85.7 Å². The van der Waals surface area contributed by atoms with Crippen molar-refractivity contribution in [3.63, 3.8) is 0 Å². The maximum Gasteiger partial charge on any atom is 0.332 e. The molecular weight excluding hydrogens is 894 g/mol. The fraction of sp³-hybridized carbons (Fsp3) is 0.354. The number of hydrogen-bond acceptors (Lipinski definition) is 11. The van der Waals surface area contributed by atoms with E-state index in [1.165, 1.54) is 16.2 Å². The fourth-order valence-corrected chi connectivity index (χ4v) is 9.70. The lowest BCUT2D eigenvalue weighted by Gasteiger charge is -2.32. The van der Waals surface area contributed by atoms with Crippen molar-refractivity contribution in [3.05, 3.63) is 113 Å². The van der Waals surface area contributed by atoms with Crippen LogP contribution in [0.15, 0.2) is 78.3 Å². The molecule has 8 rings (SSSR count). The number of piperidine rings is 1. The number of nitrogens with one attached hydrogen (secondary N) is 2. The van der Waals surface area contributed by atoms with Gasteiger partial charge in [0.1, 0.15) is 17.1 Å². The van der Waals surface area contributed by atoms with Gasteiger partial charge in [0.05, 0.1) is 54.5 Å². The first kappa shape index (κ1) is 47.6. The molecule has 2 aromatic carbocycles. The van der Waals surface area contributed by atoms with Crippen molar-refractivity contribution in [2.24, 2.45) is 26.1 Å². The van der Waals surface area contributed by atoms with Gasteiger partial charge < -0.3 is 48.1 Å². The number of aliphatic imine (C=N–C) groups is 1. The summed E-state index contributed by atoms with van der Waals surface area (Å²) in [5.74, 6) is -0.472. The summed E-state index contributed by atoms with van der Waals surface area (Å²) in [5.41, 5.74) is 4.65. The zero-order valence-corrected chi connectivity index (χ0v) is 39.5. The van der Waals surface area contributed by atoms with Gasteiger partial charge in [-0.1, -0.05) is 6.07 Å². The van der Waals surface area contributed by atoms with Crippen LogP contribution in [0, 0.1) is 6.92 Å². The van der Waals surface area contributed by atoms with E-state index in [0.717, 1.165) is 31.4 Å². The highest BCUT2D eigenvalue weighted by atomic mass is 31.2. The number of carbonyl (C=O) groups is 5. The maximum atomic E-state index is 13.7. The van der Waals surface area contributed by atoms with Crippen molar-refractivity contribution >= 4 is 71.3 Å². The standard InChI is InChI=1S/C48H54N9O10P/c1-30-19-36-37(49-25-35-9-6-7-14-56(35)47(36)61)24-42(30)66-16-8-10-44(59)51-43-28-55(4)45(52-43)41(58)22-32-21-39(53(2)26-32)46(60)50-34-23-40(54(3)27-34)48(62)57-15-13-33-20-31(11-12-38(33)57)29-68(63,64)67-18-17-65-5/h11-13,15,19-21,23-28,35H,6-10,14,16-18,22,29H2,1-5H3,(H,50,60)(H,51,59)(H,63,64)/t35-/m0/s1. The van der Waals surface area contributed by atoms with Crippen LogP contribution < -0.4 is 15.4 Å². The van der Waals surface area contributed by atoms with E-state index in [9.17, 15) is 33.4 Å². The molecule has 0 spiro atoms. The van der Waals surface area contributed by atoms with Crippen molar-refractivity contribution in [1.82, 2.24) is 28.2 Å². The van der Waals surface area contributed by atoms with Crippen LogP contribution >= 0.6 is 7.60 Å². The van der Waals surface area contributed by atoms with Crippen molar-refractivity contribution < 1.29 is 47.4 Å². The predicted octanol–water partition coefficient (Wildman–Crippen LogP) is 6.58. The van der Waals surface area contributed by atoms with Crippen LogP contribution in [-0.2, 0) is 52.3 Å². The summed E-state index contributed by atoms with van der Waals surface area (Å²) in [5, 5.41) is 6.30. The number of methoxy groups -OCH3 is 1. The number of aryl methyl sites for hydroxylation is 4. The van der Waals surface area contributed by atoms with Crippen LogP contribution in [0.3, 0.4) is 0 Å². The summed E-state index contributed by atoms with van der Waals surface area (Å²) >= 11 is 0. The summed E-state index contributed by atoms with van der Waals surface area (Å²) in [6, 6.07) is 13.7. The van der Waals surface area contributed by atoms with Gasteiger partial charge in [-0.25, -0.2) is 4.98 Å². The van der Waals surface area contributed by atoms with Crippen molar-refractivity contribution in [1.29, 1.82) is 0 Å². The van der Waals surface area contributed by atoms with Crippen LogP contribution in [0.2, 0.25) is 0 Å². The van der Waals surface area contributed by atoms with Crippen molar-refractivity contribution in [2.75, 3.05) is 44.1 Å². The number of ketones is 1. The van der Waals surface area contributed by atoms with Gasteiger partial charge in [0.25, 0.3) is 17.7 Å². The zero-order valence-electron chi connectivity index (χ0n) is 38.6. The molecular formula is C48H54N9O10P. The Hall–Kier alpha value is -6.92. The van der Waals surface area contributed by atoms with Gasteiger partial charge in [-0.2, -0.15) is 0 Å². The Kier molecular flexibility index (Phi) is 14.1. The highest BCUT2D eigenvalue weighted by molar-refractivity contribution is 7.51. The van der Waals surface area contributed by atoms with E-state index in [-0.39, 0.29) is 85.7 Å². The SMILES string of the molecule is COCCOP(=O)(O)Cc1ccc2c(ccn2C(=O)c2cc(NC(=O)c3cc(CC(=O)c4nc(NC(=O)CCCOc5cc6c(cc5C)C(=O)N5CCCC[C@H]5C=N6)cn4C)cn3C)cn2C)c1. The average molecular weight is 948 g/mol. The number of rotatable bonds is 18. The Balaban J connectivity index is 0.824. The Labute approximate surface area is 392 Å². The highest BCUT2D eigenvalue weighted by Gasteiger charge is 2.31. The number of aromatic nitrogens is 5. The first-order valence-electron chi connectivity index (χ1n) is 22.3. The van der Waals surface area contributed by atoms with E-state index in [0.29, 0.717) is 56.8 Å². The topological polar surface area (TPSA) is 223 Å². The number of imidazole rings is 1. The second-order valence-corrected chi connectivity index (χ2v) is 19.0. The minimum absolute atomic E-state index is 0.00799. The third-order valence-corrected chi connectivity index (χ3v) is 13.3. The molecule has 20 heteroatoms. The second-order valence-electron chi connectivity index (χ2n) is 17.2. The van der Waals surface area contributed by atoms with Crippen LogP contribution in [0.4, 0.5) is 17.2 Å². The van der Waals surface area contributed by atoms with Crippen molar-refractivity contribution in [2.45, 2.75) is 57.7 Å². The van der Waals surface area contributed by atoms with E-state index in [2.05, 4.69) is 20.6 Å². The van der Waals surface area contributed by atoms with Gasteiger partial charge in [-0.3, -0.25) is 38.1 Å². The van der Waals surface area contributed by atoms with Crippen LogP contribution in [-0.4, -0.2) is 108 Å². The predicted molar refractivity (Wildman–Crippen MR) is 254 cm³/mol. The summed E-state index contributed by atoms with van der Waals surface area (Å²) < 4.78 is 34.7. The molecule has 19 nitrogen and oxygen atoms in total. The molecule has 0 saturated carbocycles. The number of anilines is 2. The smallest absolute Gasteiger partial charge is 0.332 e. The van der Waals surface area contributed by atoms with Gasteiger partial charge in [0.15, 0.2) is 11.6 Å². The first-order valence-corrected chi connectivity index (χ1v) is 24.1. The number of nitrogens with zero attached hydrogens (tertiary/aromatic N) is 7. The van der Waals surface area contributed by atoms with Gasteiger partial charge in [0.2, 0.25) is 11.7 Å². The molecule has 2 aliphatic rings. The molecule has 3 N–H and O–H groups in total. The number of amides is 3. The van der Waals surface area contributed by atoms with Gasteiger partial charge in [0, 0.05) is 90.1 Å². The number of fused-ring (bicyclic) bond motifs is 3. The normalized spacial score (nSPS) is 15.4. The molecule has 2 atom stereocenters. The minimum atomic E-state index is -3.90. The highest BCUT2D eigenvalue weighted by Crippen LogP contribution is 2.46. The van der Waals surface area contributed by atoms with E-state index in [4.69, 9.17) is 14.0 Å². The number of hydrogen-bond donors (Lipinski definition) is 3. The van der Waals surface area contributed by atoms with E-state index >= 15 is 0 Å². The second kappa shape index (κ2) is 20.1. The third-order valence-electron chi connectivity index (χ3n) is 12.0.